The minimum absolute atomic E-state index is 0.0341. The van der Waals surface area contributed by atoms with Crippen LogP contribution in [-0.2, 0) is 6.42 Å². The maximum atomic E-state index is 6.03. The standard InChI is InChI=1S/C19H26N8O/c1-12(2)28-19-24-16(20)18-23-11-15(27(18)25-19)9-14-8-13(3)17(22-10-14)26-6-4-21-5-7-26/h8,10-12,21H,4-7,9H2,1-3H3,(H2,20,24,25). The Kier molecular flexibility index (Phi) is 4.99. The summed E-state index contributed by atoms with van der Waals surface area (Å²) in [6.45, 7) is 9.90. The smallest absolute Gasteiger partial charge is 0.336 e. The number of nitrogens with two attached hydrogens (primary N) is 1. The Bertz CT molecular complexity index is 977. The molecule has 4 heterocycles. The van der Waals surface area contributed by atoms with Crippen LogP contribution in [0.2, 0.25) is 0 Å². The largest absolute Gasteiger partial charge is 0.460 e. The molecule has 0 bridgehead atoms. The summed E-state index contributed by atoms with van der Waals surface area (Å²) in [5.41, 5.74) is 9.75. The number of anilines is 2. The number of rotatable bonds is 5. The van der Waals surface area contributed by atoms with Gasteiger partial charge in [0.2, 0.25) is 0 Å². The van der Waals surface area contributed by atoms with Crippen molar-refractivity contribution in [3.05, 3.63) is 35.3 Å². The molecule has 3 aromatic rings. The Hall–Kier alpha value is -2.94. The van der Waals surface area contributed by atoms with Gasteiger partial charge in [-0.05, 0) is 31.9 Å². The second kappa shape index (κ2) is 7.59. The summed E-state index contributed by atoms with van der Waals surface area (Å²) in [5, 5.41) is 7.82. The van der Waals surface area contributed by atoms with Crippen LogP contribution in [0, 0.1) is 6.92 Å². The highest BCUT2D eigenvalue weighted by Gasteiger charge is 2.16. The number of imidazole rings is 1. The average molecular weight is 382 g/mol. The van der Waals surface area contributed by atoms with Crippen LogP contribution >= 0.6 is 0 Å². The van der Waals surface area contributed by atoms with E-state index in [1.807, 2.05) is 20.0 Å². The summed E-state index contributed by atoms with van der Waals surface area (Å²) in [5.74, 6) is 1.36. The molecule has 1 aliphatic heterocycles. The maximum Gasteiger partial charge on any atom is 0.336 e. The summed E-state index contributed by atoms with van der Waals surface area (Å²) < 4.78 is 7.31. The molecule has 0 saturated carbocycles. The Morgan fingerprint density at radius 3 is 2.71 bits per heavy atom. The molecule has 3 aromatic heterocycles. The van der Waals surface area contributed by atoms with Gasteiger partial charge in [0.1, 0.15) is 5.82 Å². The van der Waals surface area contributed by atoms with Crippen LogP contribution in [0.25, 0.3) is 5.65 Å². The minimum Gasteiger partial charge on any atom is -0.460 e. The first-order chi connectivity index (χ1) is 13.5. The SMILES string of the molecule is Cc1cc(Cc2cnc3c(N)nc(OC(C)C)nn23)cnc1N1CCNCC1. The number of piperazine rings is 1. The van der Waals surface area contributed by atoms with Crippen molar-refractivity contribution >= 4 is 17.3 Å². The Balaban J connectivity index is 1.61. The predicted molar refractivity (Wildman–Crippen MR) is 108 cm³/mol. The molecule has 1 aliphatic rings. The zero-order chi connectivity index (χ0) is 19.7. The molecule has 28 heavy (non-hydrogen) atoms. The van der Waals surface area contributed by atoms with Crippen molar-refractivity contribution in [1.82, 2.24) is 29.9 Å². The van der Waals surface area contributed by atoms with E-state index in [9.17, 15) is 0 Å². The van der Waals surface area contributed by atoms with Gasteiger partial charge in [-0.3, -0.25) is 0 Å². The van der Waals surface area contributed by atoms with Crippen LogP contribution in [-0.4, -0.2) is 56.8 Å². The van der Waals surface area contributed by atoms with Crippen molar-refractivity contribution in [2.24, 2.45) is 0 Å². The number of aryl methyl sites for hydroxylation is 1. The second-order valence-electron chi connectivity index (χ2n) is 7.33. The van der Waals surface area contributed by atoms with Crippen molar-refractivity contribution in [2.75, 3.05) is 36.8 Å². The second-order valence-corrected chi connectivity index (χ2v) is 7.33. The number of nitrogens with zero attached hydrogens (tertiary/aromatic N) is 6. The van der Waals surface area contributed by atoms with E-state index < -0.39 is 0 Å². The van der Waals surface area contributed by atoms with Gasteiger partial charge in [0.15, 0.2) is 11.5 Å². The third-order valence-electron chi connectivity index (χ3n) is 4.69. The lowest BCUT2D eigenvalue weighted by atomic mass is 10.1. The lowest BCUT2D eigenvalue weighted by molar-refractivity contribution is 0.218. The van der Waals surface area contributed by atoms with Crippen LogP contribution < -0.4 is 20.7 Å². The number of hydrogen-bond donors (Lipinski definition) is 2. The molecule has 1 fully saturated rings. The number of fused-ring (bicyclic) bond motifs is 1. The molecular weight excluding hydrogens is 356 g/mol. The highest BCUT2D eigenvalue weighted by atomic mass is 16.5. The molecule has 1 saturated heterocycles. The molecule has 0 spiro atoms. The van der Waals surface area contributed by atoms with Gasteiger partial charge in [-0.1, -0.05) is 6.07 Å². The predicted octanol–water partition coefficient (Wildman–Crippen LogP) is 1.20. The zero-order valence-electron chi connectivity index (χ0n) is 16.5. The number of pyridine rings is 1. The summed E-state index contributed by atoms with van der Waals surface area (Å²) >= 11 is 0. The van der Waals surface area contributed by atoms with Crippen molar-refractivity contribution in [1.29, 1.82) is 0 Å². The molecule has 0 aromatic carbocycles. The number of aromatic nitrogens is 5. The molecular formula is C19H26N8O. The maximum absolute atomic E-state index is 6.03. The Morgan fingerprint density at radius 2 is 2.00 bits per heavy atom. The zero-order valence-corrected chi connectivity index (χ0v) is 16.5. The van der Waals surface area contributed by atoms with Gasteiger partial charge in [0.05, 0.1) is 18.0 Å². The van der Waals surface area contributed by atoms with E-state index in [4.69, 9.17) is 15.5 Å². The molecule has 4 rings (SSSR count). The van der Waals surface area contributed by atoms with E-state index in [-0.39, 0.29) is 12.1 Å². The average Bonchev–Trinajstić information content (AvgIpc) is 3.05. The lowest BCUT2D eigenvalue weighted by Gasteiger charge is -2.29. The Labute approximate surface area is 163 Å². The highest BCUT2D eigenvalue weighted by molar-refractivity contribution is 5.60. The first kappa shape index (κ1) is 18.4. The van der Waals surface area contributed by atoms with Gasteiger partial charge in [0, 0.05) is 38.8 Å². The monoisotopic (exact) mass is 382 g/mol. The fourth-order valence-electron chi connectivity index (χ4n) is 3.45. The summed E-state index contributed by atoms with van der Waals surface area (Å²) in [7, 11) is 0. The number of hydrogen-bond acceptors (Lipinski definition) is 8. The summed E-state index contributed by atoms with van der Waals surface area (Å²) in [6.07, 6.45) is 4.32. The van der Waals surface area contributed by atoms with Gasteiger partial charge in [-0.25, -0.2) is 14.5 Å². The number of ether oxygens (including phenoxy) is 1. The normalized spacial score (nSPS) is 14.8. The third-order valence-corrected chi connectivity index (χ3v) is 4.69. The summed E-state index contributed by atoms with van der Waals surface area (Å²) in [6, 6.07) is 2.43. The molecule has 3 N–H and O–H groups in total. The molecule has 0 unspecified atom stereocenters. The van der Waals surface area contributed by atoms with Crippen molar-refractivity contribution < 1.29 is 4.74 Å². The molecule has 148 valence electrons. The Morgan fingerprint density at radius 1 is 1.21 bits per heavy atom. The van der Waals surface area contributed by atoms with Crippen molar-refractivity contribution in [3.63, 3.8) is 0 Å². The van der Waals surface area contributed by atoms with Gasteiger partial charge in [-0.15, -0.1) is 5.10 Å². The first-order valence-electron chi connectivity index (χ1n) is 9.59. The van der Waals surface area contributed by atoms with E-state index >= 15 is 0 Å². The molecule has 0 atom stereocenters. The molecule has 0 aliphatic carbocycles. The first-order valence-corrected chi connectivity index (χ1v) is 9.59. The van der Waals surface area contributed by atoms with E-state index in [0.29, 0.717) is 17.9 Å². The number of nitrogen functional groups attached to an aromatic ring is 1. The third kappa shape index (κ3) is 3.70. The quantitative estimate of drug-likeness (QED) is 0.678. The molecule has 0 radical (unpaired) electrons. The van der Waals surface area contributed by atoms with Crippen molar-refractivity contribution in [3.8, 4) is 6.01 Å². The summed E-state index contributed by atoms with van der Waals surface area (Å²) in [4.78, 5) is 15.6. The lowest BCUT2D eigenvalue weighted by Crippen LogP contribution is -2.44. The van der Waals surface area contributed by atoms with Crippen molar-refractivity contribution in [2.45, 2.75) is 33.3 Å². The minimum atomic E-state index is -0.0341. The topological polar surface area (TPSA) is 106 Å². The van der Waals surface area contributed by atoms with Crippen LogP contribution in [0.5, 0.6) is 6.01 Å². The number of nitrogens with one attached hydrogen (secondary N) is 1. The van der Waals surface area contributed by atoms with Crippen LogP contribution in [0.15, 0.2) is 18.5 Å². The van der Waals surface area contributed by atoms with E-state index in [1.54, 1.807) is 10.7 Å². The van der Waals surface area contributed by atoms with E-state index in [1.165, 1.54) is 5.56 Å². The van der Waals surface area contributed by atoms with Gasteiger partial charge >= 0.3 is 6.01 Å². The van der Waals surface area contributed by atoms with E-state index in [2.05, 4.69) is 38.3 Å². The fourth-order valence-corrected chi connectivity index (χ4v) is 3.45. The van der Waals surface area contributed by atoms with E-state index in [0.717, 1.165) is 43.3 Å². The van der Waals surface area contributed by atoms with Crippen LogP contribution in [0.3, 0.4) is 0 Å². The molecule has 9 heteroatoms. The van der Waals surface area contributed by atoms with Gasteiger partial charge < -0.3 is 20.7 Å². The molecule has 9 nitrogen and oxygen atoms in total. The van der Waals surface area contributed by atoms with Crippen LogP contribution in [0.1, 0.15) is 30.7 Å². The fraction of sp³-hybridized carbons (Fsp3) is 0.474. The highest BCUT2D eigenvalue weighted by Crippen LogP contribution is 2.21. The van der Waals surface area contributed by atoms with Gasteiger partial charge in [0.25, 0.3) is 0 Å². The van der Waals surface area contributed by atoms with Crippen LogP contribution in [0.4, 0.5) is 11.6 Å². The molecule has 0 amide bonds. The van der Waals surface area contributed by atoms with Gasteiger partial charge in [-0.2, -0.15) is 4.98 Å².